The molecular formula is C33H38N6O3. The number of carbonyl (C=O) groups is 2. The second-order valence-electron chi connectivity index (χ2n) is 12.4. The van der Waals surface area contributed by atoms with Gasteiger partial charge in [-0.1, -0.05) is 37.1 Å². The molecule has 3 aliphatic heterocycles. The molecule has 2 aromatic carbocycles. The molecule has 9 nitrogen and oxygen atoms in total. The lowest BCUT2D eigenvalue weighted by Gasteiger charge is -2.46. The highest BCUT2D eigenvalue weighted by Gasteiger charge is 2.45. The van der Waals surface area contributed by atoms with E-state index in [1.807, 2.05) is 15.9 Å². The lowest BCUT2D eigenvalue weighted by Crippen LogP contribution is -2.49. The summed E-state index contributed by atoms with van der Waals surface area (Å²) in [5.74, 6) is 0.939. The fraction of sp³-hybridized carbons (Fsp3) is 0.455. The van der Waals surface area contributed by atoms with Crippen molar-refractivity contribution < 1.29 is 14.7 Å². The van der Waals surface area contributed by atoms with Crippen molar-refractivity contribution in [2.75, 3.05) is 36.4 Å². The van der Waals surface area contributed by atoms with Gasteiger partial charge in [0.05, 0.1) is 6.04 Å². The normalized spacial score (nSPS) is 22.0. The van der Waals surface area contributed by atoms with E-state index in [4.69, 9.17) is 0 Å². The fourth-order valence-corrected chi connectivity index (χ4v) is 7.76. The minimum absolute atomic E-state index is 0.0102. The molecule has 3 aromatic rings. The number of hydrogen-bond donors (Lipinski definition) is 2. The van der Waals surface area contributed by atoms with Crippen molar-refractivity contribution >= 4 is 23.4 Å². The largest absolute Gasteiger partial charge is 0.508 e. The first-order valence-electron chi connectivity index (χ1n) is 15.3. The molecule has 4 aliphatic rings. The van der Waals surface area contributed by atoms with Crippen LogP contribution in [0.5, 0.6) is 5.75 Å². The van der Waals surface area contributed by atoms with E-state index in [1.54, 1.807) is 18.2 Å². The average molecular weight is 567 g/mol. The first-order chi connectivity index (χ1) is 20.4. The van der Waals surface area contributed by atoms with Crippen LogP contribution < -0.4 is 10.2 Å². The highest BCUT2D eigenvalue weighted by molar-refractivity contribution is 5.94. The Morgan fingerprint density at radius 1 is 1.02 bits per heavy atom. The van der Waals surface area contributed by atoms with Crippen molar-refractivity contribution in [2.24, 2.45) is 0 Å². The molecule has 0 radical (unpaired) electrons. The van der Waals surface area contributed by atoms with Crippen LogP contribution in [0.1, 0.15) is 78.7 Å². The maximum Gasteiger partial charge on any atom is 0.322 e. The molecule has 9 heteroatoms. The van der Waals surface area contributed by atoms with E-state index in [9.17, 15) is 14.7 Å². The van der Waals surface area contributed by atoms with E-state index in [2.05, 4.69) is 51.4 Å². The molecule has 1 spiro atoms. The third-order valence-electron chi connectivity index (χ3n) is 10.1. The number of anilines is 2. The number of hydrogen-bond acceptors (Lipinski definition) is 6. The molecule has 0 bridgehead atoms. The van der Waals surface area contributed by atoms with Crippen LogP contribution in [-0.4, -0.2) is 69.0 Å². The van der Waals surface area contributed by atoms with Crippen LogP contribution in [0.15, 0.2) is 54.9 Å². The summed E-state index contributed by atoms with van der Waals surface area (Å²) in [6.07, 6.45) is 8.47. The van der Waals surface area contributed by atoms with E-state index in [1.165, 1.54) is 30.3 Å². The number of nitrogens with zero attached hydrogens (tertiary/aromatic N) is 5. The van der Waals surface area contributed by atoms with Crippen LogP contribution in [0.25, 0.3) is 0 Å². The Morgan fingerprint density at radius 3 is 2.62 bits per heavy atom. The van der Waals surface area contributed by atoms with Crippen LogP contribution in [0.3, 0.4) is 0 Å². The van der Waals surface area contributed by atoms with Gasteiger partial charge >= 0.3 is 6.03 Å². The van der Waals surface area contributed by atoms with Gasteiger partial charge in [0.15, 0.2) is 0 Å². The van der Waals surface area contributed by atoms with E-state index in [0.29, 0.717) is 18.7 Å². The number of piperidine rings is 1. The molecule has 3 amide bonds. The number of urea groups is 1. The molecule has 4 heterocycles. The minimum Gasteiger partial charge on any atom is -0.508 e. The number of carbonyl (C=O) groups excluding carboxylic acids is 2. The fourth-order valence-electron chi connectivity index (χ4n) is 7.76. The number of nitrogens with one attached hydrogen (secondary N) is 1. The maximum absolute atomic E-state index is 14.0. The van der Waals surface area contributed by atoms with Gasteiger partial charge in [-0.15, -0.1) is 0 Å². The third-order valence-corrected chi connectivity index (χ3v) is 10.1. The van der Waals surface area contributed by atoms with Crippen molar-refractivity contribution in [3.05, 3.63) is 77.2 Å². The molecular weight excluding hydrogens is 528 g/mol. The Hall–Kier alpha value is -4.14. The molecule has 218 valence electrons. The molecule has 1 aromatic heterocycles. The summed E-state index contributed by atoms with van der Waals surface area (Å²) < 4.78 is 0. The zero-order chi connectivity index (χ0) is 28.8. The Bertz CT molecular complexity index is 1510. The molecule has 1 saturated carbocycles. The first kappa shape index (κ1) is 26.7. The minimum atomic E-state index is -0.0925. The lowest BCUT2D eigenvalue weighted by molar-refractivity contribution is 0.0589. The van der Waals surface area contributed by atoms with Crippen molar-refractivity contribution in [3.8, 4) is 5.75 Å². The number of benzene rings is 2. The summed E-state index contributed by atoms with van der Waals surface area (Å²) in [5, 5.41) is 12.9. The quantitative estimate of drug-likeness (QED) is 0.419. The van der Waals surface area contributed by atoms with Gasteiger partial charge in [0.2, 0.25) is 0 Å². The van der Waals surface area contributed by atoms with Crippen LogP contribution in [-0.2, 0) is 11.8 Å². The molecule has 7 rings (SSSR count). The van der Waals surface area contributed by atoms with Gasteiger partial charge in [-0.25, -0.2) is 14.8 Å². The Morgan fingerprint density at radius 2 is 1.81 bits per heavy atom. The molecule has 2 N–H and O–H groups in total. The maximum atomic E-state index is 14.0. The van der Waals surface area contributed by atoms with Gasteiger partial charge in [0, 0.05) is 49.4 Å². The second kappa shape index (κ2) is 10.6. The first-order valence-corrected chi connectivity index (χ1v) is 15.3. The number of phenols is 1. The van der Waals surface area contributed by atoms with E-state index in [-0.39, 0.29) is 35.2 Å². The lowest BCUT2D eigenvalue weighted by atomic mass is 9.72. The summed E-state index contributed by atoms with van der Waals surface area (Å²) in [6.45, 7) is 4.95. The molecule has 1 unspecified atom stereocenters. The highest BCUT2D eigenvalue weighted by Crippen LogP contribution is 2.49. The number of aromatic hydroxyl groups is 1. The van der Waals surface area contributed by atoms with Crippen LogP contribution >= 0.6 is 0 Å². The Balaban J connectivity index is 1.04. The smallest absolute Gasteiger partial charge is 0.322 e. The van der Waals surface area contributed by atoms with Gasteiger partial charge in [-0.2, -0.15) is 0 Å². The summed E-state index contributed by atoms with van der Waals surface area (Å²) in [5.41, 5.74) is 4.87. The van der Waals surface area contributed by atoms with Crippen molar-refractivity contribution in [1.29, 1.82) is 0 Å². The monoisotopic (exact) mass is 566 g/mol. The summed E-state index contributed by atoms with van der Waals surface area (Å²) in [7, 11) is 0. The second-order valence-corrected chi connectivity index (χ2v) is 12.4. The van der Waals surface area contributed by atoms with Crippen molar-refractivity contribution in [3.63, 3.8) is 0 Å². The van der Waals surface area contributed by atoms with E-state index in [0.717, 1.165) is 62.4 Å². The number of fused-ring (bicyclic) bond motifs is 3. The topological polar surface area (TPSA) is 102 Å². The molecule has 1 saturated heterocycles. The van der Waals surface area contributed by atoms with Gasteiger partial charge in [0.1, 0.15) is 23.6 Å². The standard InChI is InChI=1S/C33H38N6O3/c1-22-26-6-2-3-7-27(26)33(13-4-5-14-33)20-39(22)31(41)29-19-30(35-21-34-29)37-15-11-24(12-16-37)38-17-10-23-18-25(40)8-9-28(23)36-32(38)42/h2-3,6-9,18-19,21-22,24,40H,4-5,10-17,20H2,1H3,(H,36,42). The zero-order valence-electron chi connectivity index (χ0n) is 24.1. The number of phenolic OH excluding ortho intramolecular Hbond substituents is 1. The van der Waals surface area contributed by atoms with E-state index >= 15 is 0 Å². The van der Waals surface area contributed by atoms with Gasteiger partial charge in [-0.05, 0) is 73.9 Å². The summed E-state index contributed by atoms with van der Waals surface area (Å²) >= 11 is 0. The van der Waals surface area contributed by atoms with Gasteiger partial charge in [0.25, 0.3) is 5.91 Å². The van der Waals surface area contributed by atoms with Gasteiger partial charge < -0.3 is 25.1 Å². The number of rotatable bonds is 3. The SMILES string of the molecule is CC1c2ccccc2C2(CCCC2)CN1C(=O)c1cc(N2CCC(N3CCc4cc(O)ccc4NC3=O)CC2)ncn1. The van der Waals surface area contributed by atoms with Crippen molar-refractivity contribution in [2.45, 2.75) is 69.4 Å². The van der Waals surface area contributed by atoms with Crippen LogP contribution in [0, 0.1) is 0 Å². The summed E-state index contributed by atoms with van der Waals surface area (Å²) in [6, 6.07) is 15.6. The predicted octanol–water partition coefficient (Wildman–Crippen LogP) is 5.27. The number of aromatic nitrogens is 2. The molecule has 42 heavy (non-hydrogen) atoms. The Labute approximate surface area is 246 Å². The van der Waals surface area contributed by atoms with E-state index < -0.39 is 0 Å². The van der Waals surface area contributed by atoms with Crippen LogP contribution in [0.2, 0.25) is 0 Å². The Kier molecular flexibility index (Phi) is 6.75. The highest BCUT2D eigenvalue weighted by atomic mass is 16.3. The van der Waals surface area contributed by atoms with Gasteiger partial charge in [-0.3, -0.25) is 4.79 Å². The third kappa shape index (κ3) is 4.64. The molecule has 1 atom stereocenters. The average Bonchev–Trinajstić information content (AvgIpc) is 3.43. The zero-order valence-corrected chi connectivity index (χ0v) is 24.1. The predicted molar refractivity (Wildman–Crippen MR) is 161 cm³/mol. The summed E-state index contributed by atoms with van der Waals surface area (Å²) in [4.78, 5) is 42.2. The van der Waals surface area contributed by atoms with Crippen LogP contribution in [0.4, 0.5) is 16.3 Å². The van der Waals surface area contributed by atoms with Crippen molar-refractivity contribution in [1.82, 2.24) is 19.8 Å². The molecule has 1 aliphatic carbocycles. The molecule has 2 fully saturated rings. The number of amides is 3.